The van der Waals surface area contributed by atoms with E-state index in [9.17, 15) is 5.11 Å². The minimum atomic E-state index is -1.21. The molecular formula is C15H13N3O2. The number of nitrogens with zero attached hydrogens (tertiary/aromatic N) is 3. The lowest BCUT2D eigenvalue weighted by atomic mass is 10.2. The van der Waals surface area contributed by atoms with E-state index in [1.54, 1.807) is 18.3 Å². The van der Waals surface area contributed by atoms with Gasteiger partial charge in [0.1, 0.15) is 11.4 Å². The predicted molar refractivity (Wildman–Crippen MR) is 73.8 cm³/mol. The minimum absolute atomic E-state index is 0.566. The van der Waals surface area contributed by atoms with E-state index < -0.39 is 6.41 Å². The van der Waals surface area contributed by atoms with Crippen molar-refractivity contribution >= 4 is 0 Å². The summed E-state index contributed by atoms with van der Waals surface area (Å²) < 4.78 is 6.64. The van der Waals surface area contributed by atoms with Crippen LogP contribution in [0.25, 0.3) is 11.3 Å². The highest BCUT2D eigenvalue weighted by molar-refractivity contribution is 5.57. The monoisotopic (exact) mass is 267 g/mol. The maximum atomic E-state index is 9.97. The molecule has 3 rings (SSSR count). The topological polar surface area (TPSA) is 60.2 Å². The molecule has 1 atom stereocenters. The number of aliphatic hydroxyl groups is 1. The zero-order valence-electron chi connectivity index (χ0n) is 10.6. The molecule has 2 aromatic carbocycles. The molecule has 20 heavy (non-hydrogen) atoms. The molecule has 1 aromatic heterocycles. The predicted octanol–water partition coefficient (Wildman–Crippen LogP) is 2.47. The molecule has 100 valence electrons. The number of rotatable bonds is 4. The highest BCUT2D eigenvalue weighted by Crippen LogP contribution is 2.18. The molecule has 1 heterocycles. The molecule has 0 aliphatic carbocycles. The van der Waals surface area contributed by atoms with Gasteiger partial charge in [-0.05, 0) is 12.1 Å². The first-order valence-electron chi connectivity index (χ1n) is 6.20. The fourth-order valence-corrected chi connectivity index (χ4v) is 1.80. The van der Waals surface area contributed by atoms with Crippen molar-refractivity contribution in [3.05, 3.63) is 66.9 Å². The Labute approximate surface area is 116 Å². The number of benzene rings is 2. The van der Waals surface area contributed by atoms with E-state index >= 15 is 0 Å². The van der Waals surface area contributed by atoms with Gasteiger partial charge in [-0.1, -0.05) is 53.7 Å². The van der Waals surface area contributed by atoms with Crippen LogP contribution in [0.1, 0.15) is 6.41 Å². The molecule has 0 bridgehead atoms. The largest absolute Gasteiger partial charge is 0.445 e. The van der Waals surface area contributed by atoms with Gasteiger partial charge in [-0.25, -0.2) is 0 Å². The molecule has 0 radical (unpaired) electrons. The highest BCUT2D eigenvalue weighted by Gasteiger charge is 2.11. The third-order valence-corrected chi connectivity index (χ3v) is 2.79. The van der Waals surface area contributed by atoms with Gasteiger partial charge in [0.15, 0.2) is 0 Å². The van der Waals surface area contributed by atoms with Crippen LogP contribution in [0, 0.1) is 0 Å². The Kier molecular flexibility index (Phi) is 3.43. The number of hydrogen-bond acceptors (Lipinski definition) is 4. The quantitative estimate of drug-likeness (QED) is 0.738. The molecule has 0 fully saturated rings. The molecular weight excluding hydrogens is 254 g/mol. The van der Waals surface area contributed by atoms with Crippen molar-refractivity contribution in [3.63, 3.8) is 0 Å². The second-order valence-electron chi connectivity index (χ2n) is 4.21. The van der Waals surface area contributed by atoms with E-state index in [4.69, 9.17) is 4.74 Å². The highest BCUT2D eigenvalue weighted by atomic mass is 16.6. The summed E-state index contributed by atoms with van der Waals surface area (Å²) in [5.41, 5.74) is 1.62. The third-order valence-electron chi connectivity index (χ3n) is 2.79. The van der Waals surface area contributed by atoms with Crippen LogP contribution in [0.4, 0.5) is 0 Å². The van der Waals surface area contributed by atoms with Gasteiger partial charge >= 0.3 is 6.41 Å². The first-order chi connectivity index (χ1) is 9.83. The summed E-state index contributed by atoms with van der Waals surface area (Å²) in [6.07, 6.45) is 0.436. The Hall–Kier alpha value is -2.66. The molecule has 5 heteroatoms. The lowest BCUT2D eigenvalue weighted by Crippen LogP contribution is -2.15. The van der Waals surface area contributed by atoms with Crippen molar-refractivity contribution in [2.75, 3.05) is 0 Å². The van der Waals surface area contributed by atoms with Crippen molar-refractivity contribution in [1.29, 1.82) is 0 Å². The average Bonchev–Trinajstić information content (AvgIpc) is 2.99. The molecule has 3 aromatic rings. The number of hydrogen-bond donors (Lipinski definition) is 1. The molecule has 1 N–H and O–H groups in total. The summed E-state index contributed by atoms with van der Waals surface area (Å²) in [6, 6.07) is 18.7. The molecule has 0 saturated carbocycles. The van der Waals surface area contributed by atoms with Crippen molar-refractivity contribution < 1.29 is 9.84 Å². The summed E-state index contributed by atoms with van der Waals surface area (Å²) in [5, 5.41) is 17.9. The third kappa shape index (κ3) is 2.67. The molecule has 0 saturated heterocycles. The molecule has 0 spiro atoms. The van der Waals surface area contributed by atoms with Crippen LogP contribution in [0.3, 0.4) is 0 Å². The fraction of sp³-hybridized carbons (Fsp3) is 0.0667. The number of aromatic nitrogens is 3. The van der Waals surface area contributed by atoms with E-state index in [0.29, 0.717) is 11.4 Å². The number of aliphatic hydroxyl groups excluding tert-OH is 1. The van der Waals surface area contributed by atoms with Gasteiger partial charge in [-0.2, -0.15) is 4.68 Å². The zero-order valence-corrected chi connectivity index (χ0v) is 10.6. The smallest absolute Gasteiger partial charge is 0.301 e. The van der Waals surface area contributed by atoms with E-state index in [1.165, 1.54) is 4.68 Å². The SMILES string of the molecule is OC(Oc1ccccc1)n1cc(-c2ccccc2)nn1. The summed E-state index contributed by atoms with van der Waals surface area (Å²) in [6.45, 7) is 0. The van der Waals surface area contributed by atoms with Crippen LogP contribution >= 0.6 is 0 Å². The summed E-state index contributed by atoms with van der Waals surface area (Å²) >= 11 is 0. The summed E-state index contributed by atoms with van der Waals surface area (Å²) in [4.78, 5) is 0. The van der Waals surface area contributed by atoms with Crippen LogP contribution in [-0.4, -0.2) is 20.1 Å². The van der Waals surface area contributed by atoms with Gasteiger partial charge in [0.25, 0.3) is 0 Å². The van der Waals surface area contributed by atoms with Crippen LogP contribution in [-0.2, 0) is 0 Å². The Bertz CT molecular complexity index is 668. The lowest BCUT2D eigenvalue weighted by molar-refractivity contribution is -0.0891. The second kappa shape index (κ2) is 5.54. The van der Waals surface area contributed by atoms with Gasteiger partial charge in [0, 0.05) is 5.56 Å². The van der Waals surface area contributed by atoms with Gasteiger partial charge in [-0.3, -0.25) is 0 Å². The Morgan fingerprint density at radius 3 is 2.30 bits per heavy atom. The van der Waals surface area contributed by atoms with E-state index in [0.717, 1.165) is 5.56 Å². The van der Waals surface area contributed by atoms with Crippen molar-refractivity contribution in [2.24, 2.45) is 0 Å². The van der Waals surface area contributed by atoms with Crippen molar-refractivity contribution in [3.8, 4) is 17.0 Å². The van der Waals surface area contributed by atoms with Gasteiger partial charge < -0.3 is 9.84 Å². The first-order valence-corrected chi connectivity index (χ1v) is 6.20. The lowest BCUT2D eigenvalue weighted by Gasteiger charge is -2.12. The van der Waals surface area contributed by atoms with Crippen LogP contribution in [0.2, 0.25) is 0 Å². The molecule has 0 aliphatic rings. The maximum Gasteiger partial charge on any atom is 0.301 e. The Morgan fingerprint density at radius 2 is 1.60 bits per heavy atom. The Balaban J connectivity index is 1.77. The number of para-hydroxylation sites is 1. The first kappa shape index (κ1) is 12.4. The molecule has 1 unspecified atom stereocenters. The second-order valence-corrected chi connectivity index (χ2v) is 4.21. The zero-order chi connectivity index (χ0) is 13.8. The molecule has 0 aliphatic heterocycles. The van der Waals surface area contributed by atoms with Crippen LogP contribution in [0.5, 0.6) is 5.75 Å². The normalized spacial score (nSPS) is 12.1. The standard InChI is InChI=1S/C15H13N3O2/c19-15(20-13-9-5-2-6-10-13)18-11-14(16-17-18)12-7-3-1-4-8-12/h1-11,15,19H. The fourth-order valence-electron chi connectivity index (χ4n) is 1.80. The van der Waals surface area contributed by atoms with Gasteiger partial charge in [-0.15, -0.1) is 5.10 Å². The summed E-state index contributed by atoms with van der Waals surface area (Å²) in [7, 11) is 0. The van der Waals surface area contributed by atoms with Crippen molar-refractivity contribution in [2.45, 2.75) is 6.41 Å². The van der Waals surface area contributed by atoms with Gasteiger partial charge in [0.05, 0.1) is 6.20 Å². The molecule has 0 amide bonds. The van der Waals surface area contributed by atoms with Crippen LogP contribution in [0.15, 0.2) is 66.9 Å². The van der Waals surface area contributed by atoms with E-state index in [1.807, 2.05) is 48.5 Å². The number of ether oxygens (including phenoxy) is 1. The van der Waals surface area contributed by atoms with Crippen LogP contribution < -0.4 is 4.74 Å². The maximum absolute atomic E-state index is 9.97. The van der Waals surface area contributed by atoms with E-state index in [-0.39, 0.29) is 0 Å². The molecule has 5 nitrogen and oxygen atoms in total. The van der Waals surface area contributed by atoms with E-state index in [2.05, 4.69) is 10.3 Å². The Morgan fingerprint density at radius 1 is 0.950 bits per heavy atom. The average molecular weight is 267 g/mol. The van der Waals surface area contributed by atoms with Gasteiger partial charge in [0.2, 0.25) is 0 Å². The van der Waals surface area contributed by atoms with Crippen molar-refractivity contribution in [1.82, 2.24) is 15.0 Å². The summed E-state index contributed by atoms with van der Waals surface area (Å²) in [5.74, 6) is 0.566. The minimum Gasteiger partial charge on any atom is -0.445 e.